The van der Waals surface area contributed by atoms with E-state index in [1.807, 2.05) is 45.2 Å². The SMILES string of the molecule is Cc1ccc(Nc2nc(-c3sc(C)nc3C)cs2)nc1.O=CN1CC=C(c2ccc(F)c(O)c2)CC1. The Morgan fingerprint density at radius 1 is 1.17 bits per heavy atom. The van der Waals surface area contributed by atoms with Crippen molar-refractivity contribution >= 4 is 45.6 Å². The van der Waals surface area contributed by atoms with Gasteiger partial charge in [0, 0.05) is 24.7 Å². The summed E-state index contributed by atoms with van der Waals surface area (Å²) in [6.07, 6.45) is 5.30. The lowest BCUT2D eigenvalue weighted by atomic mass is 9.99. The number of thiazole rings is 2. The van der Waals surface area contributed by atoms with Crippen LogP contribution in [-0.2, 0) is 4.79 Å². The summed E-state index contributed by atoms with van der Waals surface area (Å²) in [5.74, 6) is -0.139. The summed E-state index contributed by atoms with van der Waals surface area (Å²) in [7, 11) is 0. The number of anilines is 2. The first-order valence-corrected chi connectivity index (χ1v) is 13.0. The van der Waals surface area contributed by atoms with E-state index in [4.69, 9.17) is 0 Å². The average molecular weight is 524 g/mol. The van der Waals surface area contributed by atoms with Crippen molar-refractivity contribution in [1.82, 2.24) is 19.9 Å². The number of aryl methyl sites for hydroxylation is 3. The second-order valence-corrected chi connectivity index (χ2v) is 10.3. The summed E-state index contributed by atoms with van der Waals surface area (Å²) in [5, 5.41) is 16.5. The Kier molecular flexibility index (Phi) is 8.07. The maximum Gasteiger partial charge on any atom is 0.209 e. The number of rotatable bonds is 5. The van der Waals surface area contributed by atoms with Crippen LogP contribution in [0, 0.1) is 26.6 Å². The van der Waals surface area contributed by atoms with Gasteiger partial charge in [-0.1, -0.05) is 18.2 Å². The van der Waals surface area contributed by atoms with Gasteiger partial charge in [0.1, 0.15) is 5.82 Å². The third-order valence-corrected chi connectivity index (χ3v) is 7.35. The fraction of sp³-hybridized carbons (Fsp3) is 0.231. The van der Waals surface area contributed by atoms with Gasteiger partial charge in [-0.15, -0.1) is 22.7 Å². The van der Waals surface area contributed by atoms with Crippen molar-refractivity contribution in [3.8, 4) is 16.3 Å². The van der Waals surface area contributed by atoms with Gasteiger partial charge in [-0.25, -0.2) is 19.3 Å². The number of halogens is 1. The molecule has 1 amide bonds. The Bertz CT molecular complexity index is 1380. The number of phenolic OH excluding ortho intramolecular Hbond substituents is 1. The van der Waals surface area contributed by atoms with Crippen molar-refractivity contribution in [2.75, 3.05) is 18.4 Å². The lowest BCUT2D eigenvalue weighted by molar-refractivity contribution is -0.117. The molecule has 10 heteroatoms. The van der Waals surface area contributed by atoms with E-state index in [9.17, 15) is 14.3 Å². The highest BCUT2D eigenvalue weighted by Crippen LogP contribution is 2.32. The van der Waals surface area contributed by atoms with Crippen LogP contribution in [-0.4, -0.2) is 44.5 Å². The molecule has 1 aliphatic heterocycles. The Morgan fingerprint density at radius 2 is 2.00 bits per heavy atom. The molecule has 7 nitrogen and oxygen atoms in total. The highest BCUT2D eigenvalue weighted by molar-refractivity contribution is 7.16. The van der Waals surface area contributed by atoms with Gasteiger partial charge in [0.15, 0.2) is 16.7 Å². The van der Waals surface area contributed by atoms with E-state index >= 15 is 0 Å². The first-order chi connectivity index (χ1) is 17.3. The minimum Gasteiger partial charge on any atom is -0.505 e. The van der Waals surface area contributed by atoms with Crippen molar-refractivity contribution in [3.63, 3.8) is 0 Å². The molecule has 0 saturated carbocycles. The van der Waals surface area contributed by atoms with Gasteiger partial charge >= 0.3 is 0 Å². The molecule has 5 rings (SSSR count). The average Bonchev–Trinajstić information content (AvgIpc) is 3.48. The number of benzene rings is 1. The molecule has 2 N–H and O–H groups in total. The van der Waals surface area contributed by atoms with Crippen LogP contribution in [0.25, 0.3) is 16.1 Å². The largest absolute Gasteiger partial charge is 0.505 e. The van der Waals surface area contributed by atoms with Crippen molar-refractivity contribution < 1.29 is 14.3 Å². The maximum atomic E-state index is 12.9. The molecule has 0 atom stereocenters. The van der Waals surface area contributed by atoms with Crippen molar-refractivity contribution in [2.24, 2.45) is 0 Å². The summed E-state index contributed by atoms with van der Waals surface area (Å²) in [4.78, 5) is 26.7. The van der Waals surface area contributed by atoms with Crippen molar-refractivity contribution in [3.05, 3.63) is 75.6 Å². The number of phenols is 1. The molecule has 1 aliphatic rings. The summed E-state index contributed by atoms with van der Waals surface area (Å²) in [6.45, 7) is 7.29. The number of hydrogen-bond acceptors (Lipinski definition) is 8. The second-order valence-electron chi connectivity index (χ2n) is 8.28. The Hall–Kier alpha value is -3.63. The predicted molar refractivity (Wildman–Crippen MR) is 143 cm³/mol. The second kappa shape index (κ2) is 11.4. The molecule has 3 aromatic heterocycles. The monoisotopic (exact) mass is 523 g/mol. The summed E-state index contributed by atoms with van der Waals surface area (Å²) in [6, 6.07) is 8.28. The number of nitrogens with zero attached hydrogens (tertiary/aromatic N) is 4. The van der Waals surface area contributed by atoms with Crippen LogP contribution in [0.2, 0.25) is 0 Å². The van der Waals surface area contributed by atoms with Gasteiger partial charge in [-0.3, -0.25) is 4.79 Å². The molecule has 1 aromatic carbocycles. The number of carbonyl (C=O) groups excluding carboxylic acids is 1. The van der Waals surface area contributed by atoms with Crippen LogP contribution in [0.3, 0.4) is 0 Å². The number of amides is 1. The topological polar surface area (TPSA) is 91.2 Å². The minimum atomic E-state index is -0.616. The first kappa shape index (κ1) is 25.5. The Morgan fingerprint density at radius 3 is 2.61 bits per heavy atom. The van der Waals surface area contributed by atoms with Crippen LogP contribution in [0.5, 0.6) is 5.75 Å². The lowest BCUT2D eigenvalue weighted by Gasteiger charge is -2.22. The third kappa shape index (κ3) is 6.32. The molecular formula is C26H26FN5O2S2. The van der Waals surface area contributed by atoms with Gasteiger partial charge in [-0.2, -0.15) is 0 Å². The van der Waals surface area contributed by atoms with Crippen LogP contribution < -0.4 is 5.32 Å². The van der Waals surface area contributed by atoms with Crippen molar-refractivity contribution in [1.29, 1.82) is 0 Å². The van der Waals surface area contributed by atoms with E-state index < -0.39 is 5.82 Å². The number of nitrogens with one attached hydrogen (secondary N) is 1. The van der Waals surface area contributed by atoms with Crippen LogP contribution in [0.15, 0.2) is 48.0 Å². The summed E-state index contributed by atoms with van der Waals surface area (Å²) < 4.78 is 12.9. The Labute approximate surface area is 217 Å². The number of pyridine rings is 1. The zero-order chi connectivity index (χ0) is 25.7. The number of hydrogen-bond donors (Lipinski definition) is 2. The minimum absolute atomic E-state index is 0.337. The smallest absolute Gasteiger partial charge is 0.209 e. The van der Waals surface area contributed by atoms with E-state index in [-0.39, 0.29) is 5.75 Å². The lowest BCUT2D eigenvalue weighted by Crippen LogP contribution is -2.26. The molecule has 36 heavy (non-hydrogen) atoms. The molecule has 186 valence electrons. The molecule has 4 aromatic rings. The fourth-order valence-corrected chi connectivity index (χ4v) is 5.27. The molecule has 0 saturated heterocycles. The molecule has 0 spiro atoms. The number of carbonyl (C=O) groups is 1. The zero-order valence-electron chi connectivity index (χ0n) is 20.2. The molecule has 0 bridgehead atoms. The molecule has 0 aliphatic carbocycles. The first-order valence-electron chi connectivity index (χ1n) is 11.3. The molecule has 0 unspecified atom stereocenters. The van der Waals surface area contributed by atoms with E-state index in [0.29, 0.717) is 13.1 Å². The molecule has 4 heterocycles. The van der Waals surface area contributed by atoms with Crippen molar-refractivity contribution in [2.45, 2.75) is 27.2 Å². The van der Waals surface area contributed by atoms with Crippen LogP contribution in [0.4, 0.5) is 15.3 Å². The maximum absolute atomic E-state index is 12.9. The molecule has 0 radical (unpaired) electrons. The summed E-state index contributed by atoms with van der Waals surface area (Å²) in [5.41, 5.74) is 5.01. The van der Waals surface area contributed by atoms with E-state index in [2.05, 4.69) is 25.6 Å². The number of aromatic hydroxyl groups is 1. The van der Waals surface area contributed by atoms with Gasteiger partial charge in [0.2, 0.25) is 6.41 Å². The number of aromatic nitrogens is 3. The molecular weight excluding hydrogens is 497 g/mol. The van der Waals surface area contributed by atoms with Gasteiger partial charge in [0.05, 0.1) is 21.3 Å². The van der Waals surface area contributed by atoms with E-state index in [1.165, 1.54) is 12.1 Å². The van der Waals surface area contributed by atoms with E-state index in [1.54, 1.807) is 33.6 Å². The third-order valence-electron chi connectivity index (χ3n) is 5.49. The van der Waals surface area contributed by atoms with Gasteiger partial charge in [0.25, 0.3) is 0 Å². The highest BCUT2D eigenvalue weighted by atomic mass is 32.1. The van der Waals surface area contributed by atoms with Gasteiger partial charge < -0.3 is 15.3 Å². The van der Waals surface area contributed by atoms with Crippen LogP contribution in [0.1, 0.15) is 28.2 Å². The molecule has 0 fully saturated rings. The van der Waals surface area contributed by atoms with E-state index in [0.717, 1.165) is 61.8 Å². The highest BCUT2D eigenvalue weighted by Gasteiger charge is 2.13. The standard InChI is InChI=1S/C14H14N4S2.C12H12FNO2/c1-8-4-5-12(15-6-8)18-14-17-11(7-19-14)13-9(2)16-10(3)20-13;13-11-2-1-10(7-12(11)16)9-3-5-14(8-15)6-4-9/h4-7H,1-3H3,(H,15,17,18);1-3,7-8,16H,4-6H2. The van der Waals surface area contributed by atoms with Crippen LogP contribution >= 0.6 is 22.7 Å². The predicted octanol–water partition coefficient (Wildman–Crippen LogP) is 6.11. The summed E-state index contributed by atoms with van der Waals surface area (Å²) >= 11 is 3.26. The zero-order valence-corrected chi connectivity index (χ0v) is 21.8. The fourth-order valence-electron chi connectivity index (χ4n) is 3.61. The normalized spacial score (nSPS) is 13.0. The quantitative estimate of drug-likeness (QED) is 0.307. The van der Waals surface area contributed by atoms with Gasteiger partial charge in [-0.05, 0) is 62.1 Å². The Balaban J connectivity index is 0.000000174.